The number of nitrogens with one attached hydrogen (secondary N) is 1. The molecule has 0 bridgehead atoms. The van der Waals surface area contributed by atoms with E-state index < -0.39 is 0 Å². The van der Waals surface area contributed by atoms with E-state index >= 15 is 0 Å². The molecule has 0 aliphatic rings. The Kier molecular flexibility index (Phi) is 3.32. The van der Waals surface area contributed by atoms with Crippen molar-refractivity contribution in [3.05, 3.63) is 36.5 Å². The maximum absolute atomic E-state index is 5.87. The Morgan fingerprint density at radius 3 is 2.71 bits per heavy atom. The first kappa shape index (κ1) is 11.5. The number of benzene rings is 1. The van der Waals surface area contributed by atoms with Crippen molar-refractivity contribution in [2.45, 2.75) is 26.3 Å². The van der Waals surface area contributed by atoms with Crippen molar-refractivity contribution in [3.63, 3.8) is 0 Å². The quantitative estimate of drug-likeness (QED) is 0.848. The Balaban J connectivity index is 2.25. The molecule has 1 atom stereocenters. The van der Waals surface area contributed by atoms with Crippen molar-refractivity contribution in [2.75, 3.05) is 11.2 Å². The fourth-order valence-electron chi connectivity index (χ4n) is 1.57. The number of hydrogen-bond donors (Lipinski definition) is 2. The largest absolute Gasteiger partial charge is 0.368 e. The molecule has 1 aromatic heterocycles. The first-order chi connectivity index (χ1) is 8.20. The van der Waals surface area contributed by atoms with Crippen LogP contribution in [0.1, 0.15) is 20.3 Å². The van der Waals surface area contributed by atoms with Crippen molar-refractivity contribution in [3.8, 4) is 11.3 Å². The molecular weight excluding hydrogens is 212 g/mol. The van der Waals surface area contributed by atoms with Crippen LogP contribution in [0.15, 0.2) is 36.5 Å². The maximum Gasteiger partial charge on any atom is 0.219 e. The zero-order chi connectivity index (χ0) is 12.3. The third kappa shape index (κ3) is 2.58. The highest BCUT2D eigenvalue weighted by Gasteiger charge is 2.07. The molecule has 0 amide bonds. The smallest absolute Gasteiger partial charge is 0.219 e. The van der Waals surface area contributed by atoms with Crippen LogP contribution in [0.3, 0.4) is 0 Å². The van der Waals surface area contributed by atoms with Gasteiger partial charge in [0.1, 0.15) is 0 Å². The van der Waals surface area contributed by atoms with Crippen molar-refractivity contribution >= 4 is 5.95 Å². The second-order valence-corrected chi connectivity index (χ2v) is 4.16. The number of aromatic nitrogens is 2. The number of anilines is 1. The van der Waals surface area contributed by atoms with E-state index in [0.717, 1.165) is 17.7 Å². The maximum atomic E-state index is 5.87. The highest BCUT2D eigenvalue weighted by Crippen LogP contribution is 2.18. The number of hydrogen-bond acceptors (Lipinski definition) is 3. The van der Waals surface area contributed by atoms with Gasteiger partial charge in [0.05, 0.1) is 11.9 Å². The highest BCUT2D eigenvalue weighted by molar-refractivity contribution is 5.60. The summed E-state index contributed by atoms with van der Waals surface area (Å²) < 4.78 is 1.79. The molecule has 0 fully saturated rings. The van der Waals surface area contributed by atoms with Gasteiger partial charge in [-0.15, -0.1) is 0 Å². The lowest BCUT2D eigenvalue weighted by atomic mass is 10.2. The first-order valence-electron chi connectivity index (χ1n) is 5.87. The molecule has 0 aliphatic heterocycles. The monoisotopic (exact) mass is 230 g/mol. The average molecular weight is 230 g/mol. The van der Waals surface area contributed by atoms with Gasteiger partial charge in [-0.2, -0.15) is 0 Å². The minimum Gasteiger partial charge on any atom is -0.368 e. The zero-order valence-electron chi connectivity index (χ0n) is 10.2. The molecular formula is C13H18N4. The number of nitrogens with two attached hydrogens (primary N) is 1. The summed E-state index contributed by atoms with van der Waals surface area (Å²) in [6.07, 6.45) is 2.97. The molecule has 3 N–H and O–H groups in total. The molecule has 0 radical (unpaired) electrons. The van der Waals surface area contributed by atoms with E-state index in [4.69, 9.17) is 5.73 Å². The fourth-order valence-corrected chi connectivity index (χ4v) is 1.57. The minimum atomic E-state index is 0.370. The molecule has 4 heteroatoms. The van der Waals surface area contributed by atoms with Crippen LogP contribution >= 0.6 is 0 Å². The van der Waals surface area contributed by atoms with Crippen LogP contribution in [-0.4, -0.2) is 15.7 Å². The summed E-state index contributed by atoms with van der Waals surface area (Å²) in [4.78, 5) is 4.35. The summed E-state index contributed by atoms with van der Waals surface area (Å²) in [5.41, 5.74) is 11.1. The summed E-state index contributed by atoms with van der Waals surface area (Å²) in [6, 6.07) is 10.4. The topological polar surface area (TPSA) is 55.9 Å². The molecule has 1 aromatic carbocycles. The molecule has 4 nitrogen and oxygen atoms in total. The van der Waals surface area contributed by atoms with Gasteiger partial charge in [0, 0.05) is 11.6 Å². The predicted molar refractivity (Wildman–Crippen MR) is 71.2 cm³/mol. The molecule has 0 aliphatic carbocycles. The van der Waals surface area contributed by atoms with Gasteiger partial charge in [0.15, 0.2) is 0 Å². The van der Waals surface area contributed by atoms with Gasteiger partial charge < -0.3 is 11.2 Å². The third-order valence-electron chi connectivity index (χ3n) is 2.77. The summed E-state index contributed by atoms with van der Waals surface area (Å²) in [5.74, 6) is 0.490. The molecule has 2 aromatic rings. The van der Waals surface area contributed by atoms with E-state index in [1.807, 2.05) is 36.5 Å². The summed E-state index contributed by atoms with van der Waals surface area (Å²) in [6.45, 7) is 4.24. The van der Waals surface area contributed by atoms with E-state index in [0.29, 0.717) is 12.0 Å². The van der Waals surface area contributed by atoms with Gasteiger partial charge >= 0.3 is 0 Å². The minimum absolute atomic E-state index is 0.370. The summed E-state index contributed by atoms with van der Waals surface area (Å²) in [5, 5.41) is 0. The number of nitrogens with zero attached hydrogens (tertiary/aromatic N) is 2. The molecule has 0 saturated heterocycles. The van der Waals surface area contributed by atoms with Gasteiger partial charge in [-0.1, -0.05) is 37.3 Å². The lowest BCUT2D eigenvalue weighted by Crippen LogP contribution is -2.24. The number of imidazole rings is 1. The van der Waals surface area contributed by atoms with Crippen molar-refractivity contribution in [2.24, 2.45) is 0 Å². The lowest BCUT2D eigenvalue weighted by Gasteiger charge is -2.14. The van der Waals surface area contributed by atoms with Gasteiger partial charge in [-0.25, -0.2) is 9.66 Å². The number of nitrogen functional groups attached to an aromatic ring is 1. The summed E-state index contributed by atoms with van der Waals surface area (Å²) >= 11 is 0. The van der Waals surface area contributed by atoms with E-state index in [-0.39, 0.29) is 0 Å². The van der Waals surface area contributed by atoms with Crippen LogP contribution < -0.4 is 11.2 Å². The Hall–Kier alpha value is -1.97. The van der Waals surface area contributed by atoms with Gasteiger partial charge in [0.2, 0.25) is 5.95 Å². The molecule has 2 rings (SSSR count). The normalized spacial score (nSPS) is 12.4. The average Bonchev–Trinajstić information content (AvgIpc) is 2.72. The Labute approximate surface area is 101 Å². The SMILES string of the molecule is CCC(C)Nn1cc(-c2ccccc2)nc1N. The highest BCUT2D eigenvalue weighted by atomic mass is 15.5. The summed E-state index contributed by atoms with van der Waals surface area (Å²) in [7, 11) is 0. The van der Waals surface area contributed by atoms with Crippen LogP contribution in [0.2, 0.25) is 0 Å². The Morgan fingerprint density at radius 1 is 1.35 bits per heavy atom. The standard InChI is InChI=1S/C13H18N4/c1-3-10(2)16-17-9-12(15-13(17)14)11-7-5-4-6-8-11/h4-10,16H,3H2,1-2H3,(H2,14,15). The van der Waals surface area contributed by atoms with Crippen molar-refractivity contribution in [1.29, 1.82) is 0 Å². The van der Waals surface area contributed by atoms with E-state index in [1.165, 1.54) is 0 Å². The second kappa shape index (κ2) is 4.91. The van der Waals surface area contributed by atoms with Crippen LogP contribution in [0.5, 0.6) is 0 Å². The Morgan fingerprint density at radius 2 is 2.06 bits per heavy atom. The Bertz CT molecular complexity index is 475. The van der Waals surface area contributed by atoms with E-state index in [1.54, 1.807) is 4.68 Å². The van der Waals surface area contributed by atoms with Crippen LogP contribution in [-0.2, 0) is 0 Å². The lowest BCUT2D eigenvalue weighted by molar-refractivity contribution is 0.669. The van der Waals surface area contributed by atoms with Crippen LogP contribution in [0, 0.1) is 0 Å². The van der Waals surface area contributed by atoms with E-state index in [9.17, 15) is 0 Å². The molecule has 1 unspecified atom stereocenters. The zero-order valence-corrected chi connectivity index (χ0v) is 10.2. The van der Waals surface area contributed by atoms with Gasteiger partial charge in [-0.3, -0.25) is 0 Å². The van der Waals surface area contributed by atoms with Crippen molar-refractivity contribution < 1.29 is 0 Å². The molecule has 17 heavy (non-hydrogen) atoms. The van der Waals surface area contributed by atoms with Gasteiger partial charge in [0.25, 0.3) is 0 Å². The molecule has 1 heterocycles. The first-order valence-corrected chi connectivity index (χ1v) is 5.87. The fraction of sp³-hybridized carbons (Fsp3) is 0.308. The second-order valence-electron chi connectivity index (χ2n) is 4.16. The van der Waals surface area contributed by atoms with E-state index in [2.05, 4.69) is 24.3 Å². The molecule has 0 spiro atoms. The van der Waals surface area contributed by atoms with Crippen LogP contribution in [0.4, 0.5) is 5.95 Å². The predicted octanol–water partition coefficient (Wildman–Crippen LogP) is 2.47. The molecule has 90 valence electrons. The van der Waals surface area contributed by atoms with Crippen LogP contribution in [0.25, 0.3) is 11.3 Å². The van der Waals surface area contributed by atoms with Crippen molar-refractivity contribution in [1.82, 2.24) is 9.66 Å². The molecule has 0 saturated carbocycles. The van der Waals surface area contributed by atoms with Gasteiger partial charge in [-0.05, 0) is 13.3 Å². The number of rotatable bonds is 4. The third-order valence-corrected chi connectivity index (χ3v) is 2.77.